The molecule has 0 saturated carbocycles. The van der Waals surface area contributed by atoms with Crippen LogP contribution in [0.25, 0.3) is 0 Å². The van der Waals surface area contributed by atoms with Crippen LogP contribution in [-0.2, 0) is 16.0 Å². The van der Waals surface area contributed by atoms with Crippen LogP contribution in [0.2, 0.25) is 0 Å². The van der Waals surface area contributed by atoms with Gasteiger partial charge in [0.05, 0.1) is 14.2 Å². The predicted molar refractivity (Wildman–Crippen MR) is 77.8 cm³/mol. The molecule has 0 heterocycles. The highest BCUT2D eigenvalue weighted by atomic mass is 16.5. The number of ether oxygens (including phenoxy) is 2. The first kappa shape index (κ1) is 16.8. The Morgan fingerprint density at radius 2 is 1.95 bits per heavy atom. The molecular formula is C15H21NO5. The zero-order valence-electron chi connectivity index (χ0n) is 12.6. The molecule has 0 saturated heterocycles. The number of carbonyl (C=O) groups is 2. The summed E-state index contributed by atoms with van der Waals surface area (Å²) in [6, 6.07) is 5.55. The van der Waals surface area contributed by atoms with Gasteiger partial charge in [-0.05, 0) is 24.5 Å². The summed E-state index contributed by atoms with van der Waals surface area (Å²) in [7, 11) is 4.67. The number of carboxylic acids is 1. The van der Waals surface area contributed by atoms with E-state index < -0.39 is 5.97 Å². The van der Waals surface area contributed by atoms with E-state index in [4.69, 9.17) is 14.6 Å². The van der Waals surface area contributed by atoms with Crippen LogP contribution < -0.4 is 9.47 Å². The molecule has 1 amide bonds. The van der Waals surface area contributed by atoms with Crippen molar-refractivity contribution < 1.29 is 24.2 Å². The largest absolute Gasteiger partial charge is 0.497 e. The molecule has 6 nitrogen and oxygen atoms in total. The van der Waals surface area contributed by atoms with Crippen molar-refractivity contribution in [3.05, 3.63) is 23.8 Å². The Morgan fingerprint density at radius 1 is 1.24 bits per heavy atom. The van der Waals surface area contributed by atoms with Crippen molar-refractivity contribution in [2.75, 3.05) is 27.8 Å². The van der Waals surface area contributed by atoms with Crippen LogP contribution in [0.3, 0.4) is 0 Å². The standard InChI is InChI=1S/C15H21NO5/c1-16(10-15(18)19)14(17)6-4-5-11-7-8-12(20-2)9-13(11)21-3/h7-9H,4-6,10H2,1-3H3,(H,18,19). The third-order valence-corrected chi connectivity index (χ3v) is 3.13. The van der Waals surface area contributed by atoms with Crippen molar-refractivity contribution in [1.29, 1.82) is 0 Å². The summed E-state index contributed by atoms with van der Waals surface area (Å²) in [6.45, 7) is -0.273. The number of carboxylic acid groups (broad SMARTS) is 1. The van der Waals surface area contributed by atoms with Crippen LogP contribution >= 0.6 is 0 Å². The summed E-state index contributed by atoms with van der Waals surface area (Å²) in [5.74, 6) is 0.251. The highest BCUT2D eigenvalue weighted by molar-refractivity contribution is 5.81. The Labute approximate surface area is 124 Å². The normalized spacial score (nSPS) is 10.0. The van der Waals surface area contributed by atoms with Gasteiger partial charge in [-0.15, -0.1) is 0 Å². The average molecular weight is 295 g/mol. The number of hydrogen-bond donors (Lipinski definition) is 1. The summed E-state index contributed by atoms with van der Waals surface area (Å²) >= 11 is 0. The summed E-state index contributed by atoms with van der Waals surface area (Å²) in [5, 5.41) is 8.63. The van der Waals surface area contributed by atoms with E-state index in [9.17, 15) is 9.59 Å². The first-order valence-electron chi connectivity index (χ1n) is 6.64. The summed E-state index contributed by atoms with van der Waals surface area (Å²) in [5.41, 5.74) is 0.993. The van der Waals surface area contributed by atoms with E-state index in [1.807, 2.05) is 12.1 Å². The number of aryl methyl sites for hydroxylation is 1. The molecular weight excluding hydrogens is 274 g/mol. The predicted octanol–water partition coefficient (Wildman–Crippen LogP) is 1.57. The van der Waals surface area contributed by atoms with E-state index in [1.54, 1.807) is 20.3 Å². The minimum Gasteiger partial charge on any atom is -0.497 e. The van der Waals surface area contributed by atoms with Gasteiger partial charge in [0.25, 0.3) is 0 Å². The monoisotopic (exact) mass is 295 g/mol. The van der Waals surface area contributed by atoms with Gasteiger partial charge in [0, 0.05) is 19.5 Å². The third kappa shape index (κ3) is 5.33. The van der Waals surface area contributed by atoms with Gasteiger partial charge in [-0.1, -0.05) is 6.07 Å². The third-order valence-electron chi connectivity index (χ3n) is 3.13. The topological polar surface area (TPSA) is 76.1 Å². The van der Waals surface area contributed by atoms with Gasteiger partial charge in [0.15, 0.2) is 0 Å². The lowest BCUT2D eigenvalue weighted by atomic mass is 10.1. The lowest BCUT2D eigenvalue weighted by molar-refractivity contribution is -0.143. The molecule has 0 spiro atoms. The second-order valence-electron chi connectivity index (χ2n) is 4.67. The van der Waals surface area contributed by atoms with Crippen molar-refractivity contribution in [1.82, 2.24) is 4.90 Å². The fourth-order valence-corrected chi connectivity index (χ4v) is 1.97. The Balaban J connectivity index is 2.52. The van der Waals surface area contributed by atoms with Crippen LogP contribution in [0, 0.1) is 0 Å². The molecule has 0 fully saturated rings. The van der Waals surface area contributed by atoms with E-state index in [-0.39, 0.29) is 12.5 Å². The number of aliphatic carboxylic acids is 1. The van der Waals surface area contributed by atoms with Crippen LogP contribution in [0.1, 0.15) is 18.4 Å². The summed E-state index contributed by atoms with van der Waals surface area (Å²) in [6.07, 6.45) is 1.62. The van der Waals surface area contributed by atoms with Gasteiger partial charge in [-0.25, -0.2) is 0 Å². The van der Waals surface area contributed by atoms with Crippen LogP contribution in [0.15, 0.2) is 18.2 Å². The summed E-state index contributed by atoms with van der Waals surface area (Å²) in [4.78, 5) is 23.5. The first-order chi connectivity index (χ1) is 9.97. The van der Waals surface area contributed by atoms with Crippen molar-refractivity contribution in [3.63, 3.8) is 0 Å². The Morgan fingerprint density at radius 3 is 2.52 bits per heavy atom. The van der Waals surface area contributed by atoms with Gasteiger partial charge in [0.2, 0.25) is 5.91 Å². The van der Waals surface area contributed by atoms with Gasteiger partial charge in [-0.3, -0.25) is 9.59 Å². The minimum atomic E-state index is -1.01. The lowest BCUT2D eigenvalue weighted by Crippen LogP contribution is -2.31. The molecule has 21 heavy (non-hydrogen) atoms. The second kappa shape index (κ2) is 8.14. The Bertz CT molecular complexity index is 501. The van der Waals surface area contributed by atoms with E-state index in [2.05, 4.69) is 0 Å². The zero-order chi connectivity index (χ0) is 15.8. The highest BCUT2D eigenvalue weighted by Crippen LogP contribution is 2.25. The summed E-state index contributed by atoms with van der Waals surface area (Å²) < 4.78 is 10.4. The van der Waals surface area contributed by atoms with Gasteiger partial charge in [0.1, 0.15) is 18.0 Å². The number of likely N-dealkylation sites (N-methyl/N-ethyl adjacent to an activating group) is 1. The van der Waals surface area contributed by atoms with Gasteiger partial charge < -0.3 is 19.5 Å². The molecule has 1 N–H and O–H groups in total. The fraction of sp³-hybridized carbons (Fsp3) is 0.467. The maximum atomic E-state index is 11.7. The maximum absolute atomic E-state index is 11.7. The van der Waals surface area contributed by atoms with Crippen molar-refractivity contribution in [3.8, 4) is 11.5 Å². The molecule has 0 aromatic heterocycles. The Hall–Kier alpha value is -2.24. The molecule has 6 heteroatoms. The molecule has 0 atom stereocenters. The molecule has 0 aliphatic rings. The molecule has 1 rings (SSSR count). The lowest BCUT2D eigenvalue weighted by Gasteiger charge is -2.15. The molecule has 1 aromatic rings. The van der Waals surface area contributed by atoms with Gasteiger partial charge >= 0.3 is 5.97 Å². The average Bonchev–Trinajstić information content (AvgIpc) is 2.46. The zero-order valence-corrected chi connectivity index (χ0v) is 12.6. The number of hydrogen-bond acceptors (Lipinski definition) is 4. The number of methoxy groups -OCH3 is 2. The fourth-order valence-electron chi connectivity index (χ4n) is 1.97. The van der Waals surface area contributed by atoms with E-state index >= 15 is 0 Å². The van der Waals surface area contributed by atoms with Crippen molar-refractivity contribution in [2.24, 2.45) is 0 Å². The van der Waals surface area contributed by atoms with E-state index in [0.29, 0.717) is 25.0 Å². The maximum Gasteiger partial charge on any atom is 0.323 e. The van der Waals surface area contributed by atoms with E-state index in [1.165, 1.54) is 11.9 Å². The highest BCUT2D eigenvalue weighted by Gasteiger charge is 2.12. The number of nitrogens with zero attached hydrogens (tertiary/aromatic N) is 1. The molecule has 116 valence electrons. The molecule has 0 aliphatic carbocycles. The molecule has 0 radical (unpaired) electrons. The van der Waals surface area contributed by atoms with Crippen LogP contribution in [0.5, 0.6) is 11.5 Å². The van der Waals surface area contributed by atoms with Gasteiger partial charge in [-0.2, -0.15) is 0 Å². The van der Waals surface area contributed by atoms with Crippen LogP contribution in [-0.4, -0.2) is 49.7 Å². The second-order valence-corrected chi connectivity index (χ2v) is 4.67. The smallest absolute Gasteiger partial charge is 0.323 e. The first-order valence-corrected chi connectivity index (χ1v) is 6.64. The number of amides is 1. The molecule has 1 aromatic carbocycles. The minimum absolute atomic E-state index is 0.176. The number of rotatable bonds is 8. The number of benzene rings is 1. The SMILES string of the molecule is COc1ccc(CCCC(=O)N(C)CC(=O)O)c(OC)c1. The Kier molecular flexibility index (Phi) is 6.52. The molecule has 0 aliphatic heterocycles. The molecule has 0 unspecified atom stereocenters. The van der Waals surface area contributed by atoms with Crippen molar-refractivity contribution >= 4 is 11.9 Å². The van der Waals surface area contributed by atoms with Crippen molar-refractivity contribution in [2.45, 2.75) is 19.3 Å². The molecule has 0 bridgehead atoms. The quantitative estimate of drug-likeness (QED) is 0.788. The number of carbonyl (C=O) groups excluding carboxylic acids is 1. The van der Waals surface area contributed by atoms with E-state index in [0.717, 1.165) is 11.3 Å². The van der Waals surface area contributed by atoms with Crippen LogP contribution in [0.4, 0.5) is 0 Å².